The Balaban J connectivity index is 1.94. The molecule has 0 amide bonds. The lowest BCUT2D eigenvalue weighted by Gasteiger charge is -2.13. The monoisotopic (exact) mass is 168 g/mol. The standard InChI is InChI=1S/C9H12O3/c10-9(11)4-1-6-5-7-2-3-8(6)12-7/h1,4,6-8H,2-3,5H2,(H,10,11)/b4-1+. The van der Waals surface area contributed by atoms with Crippen molar-refractivity contribution in [1.29, 1.82) is 0 Å². The van der Waals surface area contributed by atoms with Crippen LogP contribution in [0.25, 0.3) is 0 Å². The SMILES string of the molecule is O=C(O)/C=C/C1CC2CCC1O2. The van der Waals surface area contributed by atoms with Crippen molar-refractivity contribution in [2.75, 3.05) is 0 Å². The normalized spacial score (nSPS) is 39.5. The van der Waals surface area contributed by atoms with Gasteiger partial charge in [0, 0.05) is 12.0 Å². The van der Waals surface area contributed by atoms with E-state index in [4.69, 9.17) is 9.84 Å². The average Bonchev–Trinajstić information content (AvgIpc) is 2.60. The van der Waals surface area contributed by atoms with Crippen LogP contribution < -0.4 is 0 Å². The molecule has 2 saturated heterocycles. The van der Waals surface area contributed by atoms with Crippen LogP contribution in [-0.4, -0.2) is 23.3 Å². The van der Waals surface area contributed by atoms with Crippen molar-refractivity contribution in [3.8, 4) is 0 Å². The summed E-state index contributed by atoms with van der Waals surface area (Å²) in [5.41, 5.74) is 0. The van der Waals surface area contributed by atoms with Gasteiger partial charge in [-0.2, -0.15) is 0 Å². The first-order valence-electron chi connectivity index (χ1n) is 4.32. The highest BCUT2D eigenvalue weighted by molar-refractivity contribution is 5.79. The Hall–Kier alpha value is -0.830. The molecule has 3 unspecified atom stereocenters. The smallest absolute Gasteiger partial charge is 0.327 e. The topological polar surface area (TPSA) is 46.5 Å². The fourth-order valence-corrected chi connectivity index (χ4v) is 2.09. The van der Waals surface area contributed by atoms with Crippen molar-refractivity contribution in [3.63, 3.8) is 0 Å². The van der Waals surface area contributed by atoms with E-state index in [-0.39, 0.29) is 0 Å². The molecule has 3 nitrogen and oxygen atoms in total. The molecule has 0 aromatic rings. The Morgan fingerprint density at radius 3 is 2.83 bits per heavy atom. The minimum atomic E-state index is -0.863. The fraction of sp³-hybridized carbons (Fsp3) is 0.667. The van der Waals surface area contributed by atoms with Gasteiger partial charge in [0.25, 0.3) is 0 Å². The van der Waals surface area contributed by atoms with Crippen LogP contribution in [0.1, 0.15) is 19.3 Å². The maximum atomic E-state index is 10.2. The van der Waals surface area contributed by atoms with Crippen LogP contribution in [0.2, 0.25) is 0 Å². The van der Waals surface area contributed by atoms with Crippen LogP contribution in [0, 0.1) is 5.92 Å². The minimum absolute atomic E-state index is 0.297. The quantitative estimate of drug-likeness (QED) is 0.630. The van der Waals surface area contributed by atoms with E-state index in [0.717, 1.165) is 19.3 Å². The van der Waals surface area contributed by atoms with Crippen molar-refractivity contribution >= 4 is 5.97 Å². The van der Waals surface area contributed by atoms with E-state index in [9.17, 15) is 4.79 Å². The predicted molar refractivity (Wildman–Crippen MR) is 42.8 cm³/mol. The lowest BCUT2D eigenvalue weighted by Crippen LogP contribution is -2.13. The summed E-state index contributed by atoms with van der Waals surface area (Å²) >= 11 is 0. The van der Waals surface area contributed by atoms with E-state index in [1.165, 1.54) is 6.08 Å². The Morgan fingerprint density at radius 1 is 1.50 bits per heavy atom. The molecule has 2 rings (SSSR count). The fourth-order valence-electron chi connectivity index (χ4n) is 2.09. The molecule has 66 valence electrons. The summed E-state index contributed by atoms with van der Waals surface area (Å²) in [5, 5.41) is 8.42. The molecule has 0 aliphatic carbocycles. The zero-order chi connectivity index (χ0) is 8.55. The molecule has 1 N–H and O–H groups in total. The van der Waals surface area contributed by atoms with Gasteiger partial charge in [-0.25, -0.2) is 4.79 Å². The van der Waals surface area contributed by atoms with Gasteiger partial charge in [-0.1, -0.05) is 6.08 Å². The van der Waals surface area contributed by atoms with Gasteiger partial charge in [-0.15, -0.1) is 0 Å². The highest BCUT2D eigenvalue weighted by atomic mass is 16.5. The van der Waals surface area contributed by atoms with E-state index in [1.807, 2.05) is 0 Å². The van der Waals surface area contributed by atoms with Crippen molar-refractivity contribution in [2.24, 2.45) is 5.92 Å². The van der Waals surface area contributed by atoms with Crippen molar-refractivity contribution in [2.45, 2.75) is 31.5 Å². The lowest BCUT2D eigenvalue weighted by atomic mass is 9.89. The molecule has 0 aromatic heterocycles. The van der Waals surface area contributed by atoms with Crippen molar-refractivity contribution < 1.29 is 14.6 Å². The first kappa shape index (κ1) is 7.80. The molecule has 2 bridgehead atoms. The number of carbonyl (C=O) groups is 1. The summed E-state index contributed by atoms with van der Waals surface area (Å²) in [6, 6.07) is 0. The average molecular weight is 168 g/mol. The maximum Gasteiger partial charge on any atom is 0.327 e. The minimum Gasteiger partial charge on any atom is -0.478 e. The molecule has 3 heteroatoms. The van der Waals surface area contributed by atoms with E-state index in [2.05, 4.69) is 0 Å². The largest absolute Gasteiger partial charge is 0.478 e. The number of ether oxygens (including phenoxy) is 1. The van der Waals surface area contributed by atoms with Gasteiger partial charge in [0.05, 0.1) is 12.2 Å². The second-order valence-electron chi connectivity index (χ2n) is 3.47. The summed E-state index contributed by atoms with van der Waals surface area (Å²) in [5.74, 6) is -0.516. The third-order valence-electron chi connectivity index (χ3n) is 2.64. The van der Waals surface area contributed by atoms with Gasteiger partial charge < -0.3 is 9.84 Å². The van der Waals surface area contributed by atoms with Crippen LogP contribution in [0.4, 0.5) is 0 Å². The van der Waals surface area contributed by atoms with Gasteiger partial charge in [-0.05, 0) is 19.3 Å². The highest BCUT2D eigenvalue weighted by Crippen LogP contribution is 2.39. The van der Waals surface area contributed by atoms with Crippen molar-refractivity contribution in [1.82, 2.24) is 0 Å². The van der Waals surface area contributed by atoms with E-state index < -0.39 is 5.97 Å². The van der Waals surface area contributed by atoms with Crippen molar-refractivity contribution in [3.05, 3.63) is 12.2 Å². The zero-order valence-corrected chi connectivity index (χ0v) is 6.77. The number of carboxylic acid groups (broad SMARTS) is 1. The van der Waals surface area contributed by atoms with Gasteiger partial charge in [-0.3, -0.25) is 0 Å². The third kappa shape index (κ3) is 1.37. The molecular formula is C9H12O3. The summed E-state index contributed by atoms with van der Waals surface area (Å²) in [7, 11) is 0. The molecule has 0 saturated carbocycles. The molecule has 0 aromatic carbocycles. The molecule has 2 fully saturated rings. The summed E-state index contributed by atoms with van der Waals surface area (Å²) in [6.45, 7) is 0. The number of aliphatic carboxylic acids is 1. The van der Waals surface area contributed by atoms with Crippen LogP contribution in [0.15, 0.2) is 12.2 Å². The van der Waals surface area contributed by atoms with Crippen LogP contribution in [-0.2, 0) is 9.53 Å². The van der Waals surface area contributed by atoms with Gasteiger partial charge >= 0.3 is 5.97 Å². The first-order valence-corrected chi connectivity index (χ1v) is 4.32. The van der Waals surface area contributed by atoms with Crippen LogP contribution in [0.5, 0.6) is 0 Å². The number of carboxylic acids is 1. The molecule has 0 spiro atoms. The van der Waals surface area contributed by atoms with Gasteiger partial charge in [0.2, 0.25) is 0 Å². The number of fused-ring (bicyclic) bond motifs is 2. The Kier molecular flexibility index (Phi) is 1.89. The van der Waals surface area contributed by atoms with E-state index >= 15 is 0 Å². The summed E-state index contributed by atoms with van der Waals surface area (Å²) < 4.78 is 5.57. The molecule has 3 atom stereocenters. The molecule has 2 aliphatic rings. The molecule has 12 heavy (non-hydrogen) atoms. The summed E-state index contributed by atoms with van der Waals surface area (Å²) in [6.07, 6.45) is 6.96. The number of hydrogen-bond donors (Lipinski definition) is 1. The zero-order valence-electron chi connectivity index (χ0n) is 6.77. The van der Waals surface area contributed by atoms with Gasteiger partial charge in [0.15, 0.2) is 0 Å². The first-order chi connectivity index (χ1) is 5.75. The lowest BCUT2D eigenvalue weighted by molar-refractivity contribution is -0.131. The Morgan fingerprint density at radius 2 is 2.33 bits per heavy atom. The summed E-state index contributed by atoms with van der Waals surface area (Å²) in [4.78, 5) is 10.2. The molecule has 0 radical (unpaired) electrons. The van der Waals surface area contributed by atoms with E-state index in [1.54, 1.807) is 6.08 Å². The van der Waals surface area contributed by atoms with Gasteiger partial charge in [0.1, 0.15) is 0 Å². The highest BCUT2D eigenvalue weighted by Gasteiger charge is 2.39. The van der Waals surface area contributed by atoms with E-state index in [0.29, 0.717) is 18.1 Å². The predicted octanol–water partition coefficient (Wildman–Crippen LogP) is 1.19. The second kappa shape index (κ2) is 2.90. The number of hydrogen-bond acceptors (Lipinski definition) is 2. The second-order valence-corrected chi connectivity index (χ2v) is 3.47. The molecular weight excluding hydrogens is 156 g/mol. The Labute approximate surface area is 71.0 Å². The third-order valence-corrected chi connectivity index (χ3v) is 2.64. The van der Waals surface area contributed by atoms with Crippen LogP contribution in [0.3, 0.4) is 0 Å². The maximum absolute atomic E-state index is 10.2. The molecule has 2 aliphatic heterocycles. The molecule has 2 heterocycles. The number of rotatable bonds is 2. The Bertz CT molecular complexity index is 222. The van der Waals surface area contributed by atoms with Crippen LogP contribution >= 0.6 is 0 Å².